The van der Waals surface area contributed by atoms with Gasteiger partial charge in [0.1, 0.15) is 9.23 Å². The Labute approximate surface area is 126 Å². The quantitative estimate of drug-likeness (QED) is 0.764. The number of alkyl halides is 1. The van der Waals surface area contributed by atoms with E-state index in [0.29, 0.717) is 23.8 Å². The standard InChI is InChI=1S/C10H12Cl3NO2S2/c1-6-5-14(3-2-7(6)11)18(15,16)8-4-9(12)17-10(8)13/h4,6-7H,2-3,5H2,1H3. The molecule has 0 N–H and O–H groups in total. The van der Waals surface area contributed by atoms with E-state index in [-0.39, 0.29) is 20.5 Å². The van der Waals surface area contributed by atoms with Gasteiger partial charge >= 0.3 is 0 Å². The van der Waals surface area contributed by atoms with Crippen molar-refractivity contribution in [1.82, 2.24) is 4.31 Å². The molecule has 0 bridgehead atoms. The molecule has 1 fully saturated rings. The van der Waals surface area contributed by atoms with Crippen LogP contribution in [0.15, 0.2) is 11.0 Å². The highest BCUT2D eigenvalue weighted by atomic mass is 35.5. The molecule has 3 nitrogen and oxygen atoms in total. The van der Waals surface area contributed by atoms with Gasteiger partial charge in [-0.3, -0.25) is 0 Å². The molecule has 1 aliphatic heterocycles. The molecule has 0 aliphatic carbocycles. The molecule has 1 aromatic rings. The van der Waals surface area contributed by atoms with E-state index < -0.39 is 10.0 Å². The third-order valence-electron chi connectivity index (χ3n) is 3.01. The minimum Gasteiger partial charge on any atom is -0.207 e. The van der Waals surface area contributed by atoms with Crippen LogP contribution in [0.1, 0.15) is 13.3 Å². The Morgan fingerprint density at radius 3 is 2.61 bits per heavy atom. The lowest BCUT2D eigenvalue weighted by Crippen LogP contribution is -2.43. The summed E-state index contributed by atoms with van der Waals surface area (Å²) in [7, 11) is -3.56. The van der Waals surface area contributed by atoms with Crippen molar-refractivity contribution in [3.63, 3.8) is 0 Å². The average molecular weight is 349 g/mol. The van der Waals surface area contributed by atoms with E-state index in [1.807, 2.05) is 6.92 Å². The molecule has 2 rings (SSSR count). The van der Waals surface area contributed by atoms with Crippen molar-refractivity contribution in [1.29, 1.82) is 0 Å². The van der Waals surface area contributed by atoms with E-state index in [1.54, 1.807) is 0 Å². The highest BCUT2D eigenvalue weighted by Crippen LogP contribution is 2.37. The third-order valence-corrected chi connectivity index (χ3v) is 7.27. The number of sulfonamides is 1. The normalized spacial score (nSPS) is 26.4. The predicted octanol–water partition coefficient (Wildman–Crippen LogP) is 3.69. The van der Waals surface area contributed by atoms with Gasteiger partial charge in [0.25, 0.3) is 0 Å². The zero-order chi connectivity index (χ0) is 13.5. The molecule has 2 atom stereocenters. The van der Waals surface area contributed by atoms with Crippen LogP contribution in [0.25, 0.3) is 0 Å². The molecule has 2 heterocycles. The summed E-state index contributed by atoms with van der Waals surface area (Å²) in [5.41, 5.74) is 0. The van der Waals surface area contributed by atoms with Gasteiger partial charge in [-0.25, -0.2) is 8.42 Å². The van der Waals surface area contributed by atoms with Gasteiger partial charge in [0.15, 0.2) is 0 Å². The Morgan fingerprint density at radius 2 is 2.11 bits per heavy atom. The first kappa shape index (κ1) is 14.9. The summed E-state index contributed by atoms with van der Waals surface area (Å²) >= 11 is 18.9. The highest BCUT2D eigenvalue weighted by molar-refractivity contribution is 7.89. The van der Waals surface area contributed by atoms with Crippen molar-refractivity contribution in [2.24, 2.45) is 5.92 Å². The maximum atomic E-state index is 12.4. The van der Waals surface area contributed by atoms with Gasteiger partial charge in [0, 0.05) is 18.5 Å². The maximum absolute atomic E-state index is 12.4. The van der Waals surface area contributed by atoms with Crippen LogP contribution in [0, 0.1) is 5.92 Å². The van der Waals surface area contributed by atoms with Gasteiger partial charge < -0.3 is 0 Å². The highest BCUT2D eigenvalue weighted by Gasteiger charge is 2.34. The monoisotopic (exact) mass is 347 g/mol. The van der Waals surface area contributed by atoms with Crippen LogP contribution in [0.4, 0.5) is 0 Å². The number of nitrogens with zero attached hydrogens (tertiary/aromatic N) is 1. The van der Waals surface area contributed by atoms with E-state index in [9.17, 15) is 8.42 Å². The maximum Gasteiger partial charge on any atom is 0.245 e. The molecular weight excluding hydrogens is 337 g/mol. The Hall–Kier alpha value is 0.480. The van der Waals surface area contributed by atoms with Crippen LogP contribution in [0.3, 0.4) is 0 Å². The number of piperidine rings is 1. The first-order valence-corrected chi connectivity index (χ1v) is 8.86. The lowest BCUT2D eigenvalue weighted by atomic mass is 10.0. The second-order valence-electron chi connectivity index (χ2n) is 4.33. The van der Waals surface area contributed by atoms with Crippen LogP contribution in [-0.2, 0) is 10.0 Å². The van der Waals surface area contributed by atoms with Crippen LogP contribution in [0.5, 0.6) is 0 Å². The van der Waals surface area contributed by atoms with E-state index in [1.165, 1.54) is 10.4 Å². The van der Waals surface area contributed by atoms with Crippen LogP contribution >= 0.6 is 46.1 Å². The van der Waals surface area contributed by atoms with Gasteiger partial charge in [-0.2, -0.15) is 4.31 Å². The summed E-state index contributed by atoms with van der Waals surface area (Å²) in [5, 5.41) is 0.0259. The molecule has 1 aliphatic rings. The molecule has 8 heteroatoms. The fourth-order valence-corrected chi connectivity index (χ4v) is 5.78. The molecule has 0 saturated carbocycles. The fourth-order valence-electron chi connectivity index (χ4n) is 1.94. The molecule has 0 amide bonds. The molecular formula is C10H12Cl3NO2S2. The smallest absolute Gasteiger partial charge is 0.207 e. The van der Waals surface area contributed by atoms with Gasteiger partial charge in [0.2, 0.25) is 10.0 Å². The summed E-state index contributed by atoms with van der Waals surface area (Å²) in [4.78, 5) is 0.0967. The summed E-state index contributed by atoms with van der Waals surface area (Å²) in [5.74, 6) is 0.128. The van der Waals surface area contributed by atoms with Crippen LogP contribution < -0.4 is 0 Å². The Bertz CT molecular complexity index is 543. The van der Waals surface area contributed by atoms with Crippen molar-refractivity contribution in [2.45, 2.75) is 23.6 Å². The van der Waals surface area contributed by atoms with Crippen molar-refractivity contribution in [3.05, 3.63) is 14.7 Å². The number of halogens is 3. The molecule has 18 heavy (non-hydrogen) atoms. The van der Waals surface area contributed by atoms with Crippen LogP contribution in [-0.4, -0.2) is 31.2 Å². The SMILES string of the molecule is CC1CN(S(=O)(=O)c2cc(Cl)sc2Cl)CCC1Cl. The zero-order valence-corrected chi connectivity index (χ0v) is 13.5. The van der Waals surface area contributed by atoms with Crippen molar-refractivity contribution in [3.8, 4) is 0 Å². The molecule has 1 saturated heterocycles. The average Bonchev–Trinajstić information content (AvgIpc) is 2.62. The van der Waals surface area contributed by atoms with Gasteiger partial charge in [-0.1, -0.05) is 30.1 Å². The summed E-state index contributed by atoms with van der Waals surface area (Å²) < 4.78 is 26.9. The molecule has 0 aromatic carbocycles. The Morgan fingerprint density at radius 1 is 1.44 bits per heavy atom. The summed E-state index contributed by atoms with van der Waals surface area (Å²) in [6, 6.07) is 1.40. The summed E-state index contributed by atoms with van der Waals surface area (Å²) in [6.45, 7) is 2.78. The van der Waals surface area contributed by atoms with E-state index in [4.69, 9.17) is 34.8 Å². The topological polar surface area (TPSA) is 37.4 Å². The molecule has 0 radical (unpaired) electrons. The van der Waals surface area contributed by atoms with Crippen molar-refractivity contribution >= 4 is 56.2 Å². The van der Waals surface area contributed by atoms with E-state index >= 15 is 0 Å². The molecule has 1 aromatic heterocycles. The van der Waals surface area contributed by atoms with Gasteiger partial charge in [0.05, 0.1) is 4.34 Å². The molecule has 102 valence electrons. The largest absolute Gasteiger partial charge is 0.245 e. The van der Waals surface area contributed by atoms with Crippen LogP contribution in [0.2, 0.25) is 8.67 Å². The summed E-state index contributed by atoms with van der Waals surface area (Å²) in [6.07, 6.45) is 0.650. The minimum absolute atomic E-state index is 0.0259. The Kier molecular flexibility index (Phi) is 4.52. The van der Waals surface area contributed by atoms with Crippen molar-refractivity contribution in [2.75, 3.05) is 13.1 Å². The number of rotatable bonds is 2. The lowest BCUT2D eigenvalue weighted by Gasteiger charge is -2.33. The second kappa shape index (κ2) is 5.46. The third kappa shape index (κ3) is 2.81. The van der Waals surface area contributed by atoms with E-state index in [0.717, 1.165) is 11.3 Å². The van der Waals surface area contributed by atoms with Gasteiger partial charge in [-0.05, 0) is 18.4 Å². The number of hydrogen-bond donors (Lipinski definition) is 0. The minimum atomic E-state index is -3.56. The van der Waals surface area contributed by atoms with E-state index in [2.05, 4.69) is 0 Å². The molecule has 0 spiro atoms. The first-order chi connectivity index (χ1) is 8.32. The van der Waals surface area contributed by atoms with Gasteiger partial charge in [-0.15, -0.1) is 22.9 Å². The molecule has 2 unspecified atom stereocenters. The first-order valence-electron chi connectivity index (χ1n) is 5.41. The number of hydrogen-bond acceptors (Lipinski definition) is 3. The van der Waals surface area contributed by atoms with Crippen molar-refractivity contribution < 1.29 is 8.42 Å². The number of thiophene rings is 1. The Balaban J connectivity index is 2.29. The lowest BCUT2D eigenvalue weighted by molar-refractivity contribution is 0.286. The fraction of sp³-hybridized carbons (Fsp3) is 0.600. The predicted molar refractivity (Wildman–Crippen MR) is 76.5 cm³/mol. The zero-order valence-electron chi connectivity index (χ0n) is 9.57. The second-order valence-corrected chi connectivity index (χ2v) is 9.09.